The van der Waals surface area contributed by atoms with Crippen LogP contribution < -0.4 is 5.32 Å². The minimum absolute atomic E-state index is 0.164. The van der Waals surface area contributed by atoms with Crippen molar-refractivity contribution in [2.45, 2.75) is 19.8 Å². The highest BCUT2D eigenvalue weighted by atomic mass is 16.6. The maximum Gasteiger partial charge on any atom is 0.299 e. The van der Waals surface area contributed by atoms with Crippen LogP contribution in [0.2, 0.25) is 0 Å². The van der Waals surface area contributed by atoms with Crippen molar-refractivity contribution in [2.75, 3.05) is 5.32 Å². The number of nitro benzene ring substituents is 4. The van der Waals surface area contributed by atoms with Gasteiger partial charge in [0.25, 0.3) is 22.7 Å². The number of nitrogens with zero attached hydrogens (tertiary/aromatic N) is 4. The van der Waals surface area contributed by atoms with Crippen LogP contribution in [0.3, 0.4) is 0 Å². The number of rotatable bonds is 7. The summed E-state index contributed by atoms with van der Waals surface area (Å²) in [6.45, 7) is 3.27. The summed E-state index contributed by atoms with van der Waals surface area (Å²) in [7, 11) is 0. The lowest BCUT2D eigenvalue weighted by Gasteiger charge is -2.15. The molecule has 0 heterocycles. The van der Waals surface area contributed by atoms with Gasteiger partial charge in [-0.05, 0) is 17.5 Å². The van der Waals surface area contributed by atoms with E-state index >= 15 is 0 Å². The van der Waals surface area contributed by atoms with Crippen LogP contribution in [-0.4, -0.2) is 19.7 Å². The number of nitro groups is 4. The number of hydrogen-bond donors (Lipinski definition) is 1. The fraction of sp³-hybridized carbons (Fsp3) is 0.200. The molecule has 0 aliphatic carbocycles. The second-order valence-electron chi connectivity index (χ2n) is 5.94. The van der Waals surface area contributed by atoms with E-state index in [0.717, 1.165) is 24.3 Å². The smallest absolute Gasteiger partial charge is 0.299 e. The van der Waals surface area contributed by atoms with Gasteiger partial charge in [-0.25, -0.2) is 0 Å². The Bertz CT molecular complexity index is 1000. The minimum Gasteiger partial charge on any atom is -0.344 e. The Labute approximate surface area is 156 Å². The van der Waals surface area contributed by atoms with Crippen molar-refractivity contribution in [3.63, 3.8) is 0 Å². The first kappa shape index (κ1) is 20.2. The van der Waals surface area contributed by atoms with Gasteiger partial charge < -0.3 is 5.32 Å². The highest BCUT2D eigenvalue weighted by Crippen LogP contribution is 2.41. The van der Waals surface area contributed by atoms with Gasteiger partial charge in [-0.1, -0.05) is 13.8 Å². The van der Waals surface area contributed by atoms with E-state index in [0.29, 0.717) is 6.07 Å². The molecule has 2 aromatic rings. The Morgan fingerprint density at radius 1 is 0.750 bits per heavy atom. The fourth-order valence-electron chi connectivity index (χ4n) is 2.50. The fourth-order valence-corrected chi connectivity index (χ4v) is 2.50. The third-order valence-electron chi connectivity index (χ3n) is 3.81. The van der Waals surface area contributed by atoms with Crippen molar-refractivity contribution in [2.24, 2.45) is 0 Å². The topological polar surface area (TPSA) is 185 Å². The van der Waals surface area contributed by atoms with Crippen LogP contribution in [0.1, 0.15) is 25.3 Å². The van der Waals surface area contributed by atoms with Crippen molar-refractivity contribution in [1.29, 1.82) is 0 Å². The Kier molecular flexibility index (Phi) is 5.48. The van der Waals surface area contributed by atoms with Gasteiger partial charge in [0.2, 0.25) is 0 Å². The van der Waals surface area contributed by atoms with Gasteiger partial charge >= 0.3 is 0 Å². The molecule has 0 aromatic heterocycles. The first-order valence-corrected chi connectivity index (χ1v) is 7.69. The Morgan fingerprint density at radius 3 is 1.75 bits per heavy atom. The molecule has 0 saturated carbocycles. The summed E-state index contributed by atoms with van der Waals surface area (Å²) >= 11 is 0. The van der Waals surface area contributed by atoms with E-state index in [2.05, 4.69) is 5.32 Å². The maximum atomic E-state index is 11.4. The third-order valence-corrected chi connectivity index (χ3v) is 3.81. The van der Waals surface area contributed by atoms with Gasteiger partial charge in [-0.15, -0.1) is 0 Å². The van der Waals surface area contributed by atoms with Crippen LogP contribution in [0.5, 0.6) is 0 Å². The van der Waals surface area contributed by atoms with E-state index in [1.807, 2.05) is 0 Å². The Balaban J connectivity index is 2.72. The first-order valence-electron chi connectivity index (χ1n) is 7.69. The summed E-state index contributed by atoms with van der Waals surface area (Å²) in [5, 5.41) is 47.2. The molecule has 0 radical (unpaired) electrons. The number of hydrogen-bond acceptors (Lipinski definition) is 9. The summed E-state index contributed by atoms with van der Waals surface area (Å²) in [6, 6.07) is 4.64. The second kappa shape index (κ2) is 7.61. The van der Waals surface area contributed by atoms with E-state index < -0.39 is 48.4 Å². The summed E-state index contributed by atoms with van der Waals surface area (Å²) < 4.78 is 0. The van der Waals surface area contributed by atoms with Crippen molar-refractivity contribution in [1.82, 2.24) is 0 Å². The molecule has 0 saturated heterocycles. The highest BCUT2D eigenvalue weighted by Gasteiger charge is 2.28. The van der Waals surface area contributed by atoms with Crippen LogP contribution in [0.25, 0.3) is 0 Å². The van der Waals surface area contributed by atoms with E-state index in [9.17, 15) is 40.5 Å². The van der Waals surface area contributed by atoms with Gasteiger partial charge in [0.15, 0.2) is 0 Å². The van der Waals surface area contributed by atoms with Crippen molar-refractivity contribution in [3.05, 3.63) is 76.4 Å². The molecule has 0 amide bonds. The Hall–Kier alpha value is -4.16. The van der Waals surface area contributed by atoms with Crippen molar-refractivity contribution in [3.8, 4) is 0 Å². The van der Waals surface area contributed by atoms with Gasteiger partial charge in [-0.2, -0.15) is 0 Å². The van der Waals surface area contributed by atoms with E-state index in [-0.39, 0.29) is 16.9 Å². The molecule has 0 bridgehead atoms. The maximum absolute atomic E-state index is 11.4. The summed E-state index contributed by atoms with van der Waals surface area (Å²) in [6.07, 6.45) is 0. The zero-order chi connectivity index (χ0) is 21.2. The SMILES string of the molecule is CC(C)c1cc([N+](=O)[O-])cc([N+](=O)[O-])c1Nc1ccc([N+](=O)[O-])cc1[N+](=O)[O-]. The molecular weight excluding hydrogens is 378 g/mol. The van der Waals surface area contributed by atoms with Crippen LogP contribution in [0.4, 0.5) is 34.1 Å². The van der Waals surface area contributed by atoms with Crippen LogP contribution >= 0.6 is 0 Å². The molecule has 13 heteroatoms. The normalized spacial score (nSPS) is 10.5. The predicted molar refractivity (Wildman–Crippen MR) is 96.9 cm³/mol. The van der Waals surface area contributed by atoms with E-state index in [1.54, 1.807) is 13.8 Å². The predicted octanol–water partition coefficient (Wildman–Crippen LogP) is 4.19. The highest BCUT2D eigenvalue weighted by molar-refractivity contribution is 5.80. The summed E-state index contributed by atoms with van der Waals surface area (Å²) in [4.78, 5) is 41.3. The summed E-state index contributed by atoms with van der Waals surface area (Å²) in [5.41, 5.74) is -2.55. The van der Waals surface area contributed by atoms with Crippen LogP contribution in [0.15, 0.2) is 30.3 Å². The first-order chi connectivity index (χ1) is 13.0. The van der Waals surface area contributed by atoms with Crippen LogP contribution in [-0.2, 0) is 0 Å². The number of anilines is 2. The molecule has 0 aliphatic heterocycles. The lowest BCUT2D eigenvalue weighted by atomic mass is 9.98. The quantitative estimate of drug-likeness (QED) is 0.533. The second-order valence-corrected chi connectivity index (χ2v) is 5.94. The molecule has 2 aromatic carbocycles. The monoisotopic (exact) mass is 391 g/mol. The van der Waals surface area contributed by atoms with Gasteiger partial charge in [0.05, 0.1) is 31.8 Å². The minimum atomic E-state index is -0.873. The number of nitrogens with one attached hydrogen (secondary N) is 1. The molecule has 1 N–H and O–H groups in total. The lowest BCUT2D eigenvalue weighted by Crippen LogP contribution is -2.06. The molecule has 0 unspecified atom stereocenters. The molecule has 2 rings (SSSR count). The molecule has 0 spiro atoms. The Morgan fingerprint density at radius 2 is 1.29 bits per heavy atom. The van der Waals surface area contributed by atoms with Gasteiger partial charge in [0, 0.05) is 12.1 Å². The molecular formula is C15H13N5O8. The van der Waals surface area contributed by atoms with Crippen molar-refractivity contribution >= 4 is 34.1 Å². The lowest BCUT2D eigenvalue weighted by molar-refractivity contribution is -0.393. The third kappa shape index (κ3) is 3.98. The average Bonchev–Trinajstić information content (AvgIpc) is 2.60. The van der Waals surface area contributed by atoms with Crippen LogP contribution in [0, 0.1) is 40.5 Å². The van der Waals surface area contributed by atoms with Gasteiger partial charge in [-0.3, -0.25) is 40.5 Å². The zero-order valence-electron chi connectivity index (χ0n) is 14.5. The van der Waals surface area contributed by atoms with E-state index in [4.69, 9.17) is 0 Å². The molecule has 0 fully saturated rings. The molecule has 0 aliphatic rings. The van der Waals surface area contributed by atoms with Crippen molar-refractivity contribution < 1.29 is 19.7 Å². The standard InChI is InChI=1S/C15H13N5O8/c1-8(2)11-5-10(18(23)24)7-14(20(27)28)15(11)16-12-4-3-9(17(21)22)6-13(12)19(25)26/h3-8,16H,1-2H3. The summed E-state index contributed by atoms with van der Waals surface area (Å²) in [5.74, 6) is -0.404. The van der Waals surface area contributed by atoms with Gasteiger partial charge in [0.1, 0.15) is 11.4 Å². The zero-order valence-corrected chi connectivity index (χ0v) is 14.5. The largest absolute Gasteiger partial charge is 0.344 e. The molecule has 0 atom stereocenters. The number of non-ortho nitro benzene ring substituents is 2. The molecule has 146 valence electrons. The molecule has 28 heavy (non-hydrogen) atoms. The number of benzene rings is 2. The van der Waals surface area contributed by atoms with E-state index in [1.165, 1.54) is 0 Å². The molecule has 13 nitrogen and oxygen atoms in total. The average molecular weight is 391 g/mol.